The van der Waals surface area contributed by atoms with Gasteiger partial charge in [0.25, 0.3) is 0 Å². The predicted molar refractivity (Wildman–Crippen MR) is 97.9 cm³/mol. The molecule has 25 heavy (non-hydrogen) atoms. The maximum Gasteiger partial charge on any atom is 0.225 e. The summed E-state index contributed by atoms with van der Waals surface area (Å²) in [6.07, 6.45) is 3.66. The van der Waals surface area contributed by atoms with Crippen LogP contribution in [0.5, 0.6) is 0 Å². The Bertz CT molecular complexity index is 747. The minimum Gasteiger partial charge on any atom is -0.339 e. The first-order valence-electron chi connectivity index (χ1n) is 8.95. The second-order valence-electron chi connectivity index (χ2n) is 7.42. The number of fused-ring (bicyclic) bond motifs is 1. The van der Waals surface area contributed by atoms with Gasteiger partial charge >= 0.3 is 0 Å². The number of hydrogen-bond acceptors (Lipinski definition) is 5. The van der Waals surface area contributed by atoms with Gasteiger partial charge in [-0.1, -0.05) is 0 Å². The van der Waals surface area contributed by atoms with E-state index in [0.29, 0.717) is 32.0 Å². The number of carbonyl (C=O) groups is 1. The Morgan fingerprint density at radius 2 is 1.92 bits per heavy atom. The van der Waals surface area contributed by atoms with Crippen molar-refractivity contribution in [3.05, 3.63) is 21.9 Å². The van der Waals surface area contributed by atoms with E-state index in [-0.39, 0.29) is 11.8 Å². The number of amides is 1. The van der Waals surface area contributed by atoms with E-state index in [4.69, 9.17) is 0 Å². The zero-order valence-corrected chi connectivity index (χ0v) is 16.2. The molecule has 2 fully saturated rings. The highest BCUT2D eigenvalue weighted by Crippen LogP contribution is 2.29. The molecule has 0 atom stereocenters. The number of piperidine rings is 1. The van der Waals surface area contributed by atoms with Crippen molar-refractivity contribution in [3.63, 3.8) is 0 Å². The van der Waals surface area contributed by atoms with E-state index in [2.05, 4.69) is 16.3 Å². The van der Waals surface area contributed by atoms with E-state index >= 15 is 0 Å². The summed E-state index contributed by atoms with van der Waals surface area (Å²) in [4.78, 5) is 18.7. The summed E-state index contributed by atoms with van der Waals surface area (Å²) in [6.45, 7) is 4.69. The summed E-state index contributed by atoms with van der Waals surface area (Å²) in [5, 5.41) is 2.17. The number of thiophene rings is 1. The van der Waals surface area contributed by atoms with Crippen molar-refractivity contribution < 1.29 is 13.2 Å². The monoisotopic (exact) mass is 383 g/mol. The SMILES string of the molecule is CS(=O)(=O)N1CCC(C(=O)N2CC(N3CCc4sccc4C3)C2)CC1. The number of likely N-dealkylation sites (tertiary alicyclic amines) is 1. The molecule has 4 rings (SSSR count). The molecule has 8 heteroatoms. The van der Waals surface area contributed by atoms with Gasteiger partial charge in [-0.05, 0) is 36.3 Å². The number of carbonyl (C=O) groups excluding carboxylic acids is 1. The van der Waals surface area contributed by atoms with Crippen molar-refractivity contribution in [2.75, 3.05) is 39.0 Å². The lowest BCUT2D eigenvalue weighted by molar-refractivity contribution is -0.144. The zero-order valence-electron chi connectivity index (χ0n) is 14.6. The Balaban J connectivity index is 1.26. The highest BCUT2D eigenvalue weighted by molar-refractivity contribution is 7.88. The first kappa shape index (κ1) is 17.5. The van der Waals surface area contributed by atoms with Crippen molar-refractivity contribution in [2.24, 2.45) is 5.92 Å². The molecule has 0 bridgehead atoms. The summed E-state index contributed by atoms with van der Waals surface area (Å²) < 4.78 is 24.6. The van der Waals surface area contributed by atoms with Gasteiger partial charge < -0.3 is 4.90 Å². The molecular weight excluding hydrogens is 358 g/mol. The van der Waals surface area contributed by atoms with Crippen LogP contribution >= 0.6 is 11.3 Å². The minimum atomic E-state index is -3.13. The van der Waals surface area contributed by atoms with Crippen molar-refractivity contribution in [1.29, 1.82) is 0 Å². The Morgan fingerprint density at radius 1 is 1.20 bits per heavy atom. The lowest BCUT2D eigenvalue weighted by Gasteiger charge is -2.48. The highest BCUT2D eigenvalue weighted by Gasteiger charge is 2.39. The van der Waals surface area contributed by atoms with Crippen molar-refractivity contribution in [1.82, 2.24) is 14.1 Å². The third kappa shape index (κ3) is 3.49. The molecule has 0 spiro atoms. The Labute approximate surface area is 153 Å². The van der Waals surface area contributed by atoms with Crippen molar-refractivity contribution in [2.45, 2.75) is 31.8 Å². The summed E-state index contributed by atoms with van der Waals surface area (Å²) in [7, 11) is -3.13. The van der Waals surface area contributed by atoms with Crippen LogP contribution in [0.3, 0.4) is 0 Å². The molecule has 0 N–H and O–H groups in total. The highest BCUT2D eigenvalue weighted by atomic mass is 32.2. The largest absolute Gasteiger partial charge is 0.339 e. The van der Waals surface area contributed by atoms with Crippen LogP contribution in [-0.4, -0.2) is 73.5 Å². The van der Waals surface area contributed by atoms with Crippen LogP contribution in [0.25, 0.3) is 0 Å². The average molecular weight is 384 g/mol. The summed E-state index contributed by atoms with van der Waals surface area (Å²) >= 11 is 1.85. The Morgan fingerprint density at radius 3 is 2.60 bits per heavy atom. The van der Waals surface area contributed by atoms with Gasteiger partial charge in [-0.3, -0.25) is 9.69 Å². The number of sulfonamides is 1. The molecule has 1 aromatic heterocycles. The quantitative estimate of drug-likeness (QED) is 0.781. The number of rotatable bonds is 3. The maximum absolute atomic E-state index is 12.7. The first-order valence-corrected chi connectivity index (χ1v) is 11.7. The molecule has 0 aliphatic carbocycles. The lowest BCUT2D eigenvalue weighted by Crippen LogP contribution is -2.63. The van der Waals surface area contributed by atoms with Gasteiger partial charge in [0.2, 0.25) is 15.9 Å². The molecule has 3 aliphatic heterocycles. The van der Waals surface area contributed by atoms with Crippen LogP contribution in [0.2, 0.25) is 0 Å². The van der Waals surface area contributed by atoms with E-state index in [1.54, 1.807) is 0 Å². The molecule has 138 valence electrons. The van der Waals surface area contributed by atoms with Gasteiger partial charge in [0.05, 0.1) is 6.26 Å². The third-order valence-corrected chi connectivity index (χ3v) is 8.13. The fourth-order valence-electron chi connectivity index (χ4n) is 4.14. The molecule has 1 amide bonds. The molecule has 6 nitrogen and oxygen atoms in total. The standard InChI is InChI=1S/C17H25N3O3S2/c1-25(22,23)20-7-2-13(3-8-20)17(21)19-11-15(12-19)18-6-4-16-14(10-18)5-9-24-16/h5,9,13,15H,2-4,6-8,10-12H2,1H3. The number of hydrogen-bond donors (Lipinski definition) is 0. The van der Waals surface area contributed by atoms with Crippen LogP contribution in [-0.2, 0) is 27.8 Å². The molecule has 0 radical (unpaired) electrons. The van der Waals surface area contributed by atoms with Gasteiger partial charge in [0.15, 0.2) is 0 Å². The third-order valence-electron chi connectivity index (χ3n) is 5.80. The lowest BCUT2D eigenvalue weighted by atomic mass is 9.93. The average Bonchev–Trinajstić information content (AvgIpc) is 3.00. The second kappa shape index (κ2) is 6.64. The van der Waals surface area contributed by atoms with Crippen LogP contribution < -0.4 is 0 Å². The van der Waals surface area contributed by atoms with Gasteiger partial charge in [0.1, 0.15) is 0 Å². The van der Waals surface area contributed by atoms with Gasteiger partial charge in [-0.25, -0.2) is 12.7 Å². The van der Waals surface area contributed by atoms with Crippen LogP contribution in [0.15, 0.2) is 11.4 Å². The molecule has 3 aliphatic rings. The van der Waals surface area contributed by atoms with Gasteiger partial charge in [-0.2, -0.15) is 0 Å². The molecule has 0 aromatic carbocycles. The second-order valence-corrected chi connectivity index (χ2v) is 10.4. The van der Waals surface area contributed by atoms with Crippen LogP contribution in [0, 0.1) is 5.92 Å². The predicted octanol–water partition coefficient (Wildman–Crippen LogP) is 0.989. The zero-order chi connectivity index (χ0) is 17.6. The van der Waals surface area contributed by atoms with Crippen molar-refractivity contribution >= 4 is 27.3 Å². The summed E-state index contributed by atoms with van der Waals surface area (Å²) in [5.74, 6) is 0.210. The van der Waals surface area contributed by atoms with Crippen LogP contribution in [0.1, 0.15) is 23.3 Å². The summed E-state index contributed by atoms with van der Waals surface area (Å²) in [6, 6.07) is 2.71. The maximum atomic E-state index is 12.7. The molecule has 0 unspecified atom stereocenters. The topological polar surface area (TPSA) is 60.9 Å². The molecule has 0 saturated carbocycles. The fourth-order valence-corrected chi connectivity index (χ4v) is 5.90. The van der Waals surface area contributed by atoms with Crippen molar-refractivity contribution in [3.8, 4) is 0 Å². The number of nitrogens with zero attached hydrogens (tertiary/aromatic N) is 3. The fraction of sp³-hybridized carbons (Fsp3) is 0.706. The Hall–Kier alpha value is -0.960. The summed E-state index contributed by atoms with van der Waals surface area (Å²) in [5.41, 5.74) is 1.45. The van der Waals surface area contributed by atoms with Gasteiger partial charge in [0, 0.05) is 56.1 Å². The van der Waals surface area contributed by atoms with Gasteiger partial charge in [-0.15, -0.1) is 11.3 Å². The van der Waals surface area contributed by atoms with E-state index in [1.807, 2.05) is 16.2 Å². The van der Waals surface area contributed by atoms with E-state index < -0.39 is 10.0 Å². The molecule has 4 heterocycles. The van der Waals surface area contributed by atoms with Crippen LogP contribution in [0.4, 0.5) is 0 Å². The Kier molecular flexibility index (Phi) is 4.64. The molecule has 1 aromatic rings. The van der Waals surface area contributed by atoms with E-state index in [9.17, 15) is 13.2 Å². The minimum absolute atomic E-state index is 0.0104. The van der Waals surface area contributed by atoms with E-state index in [1.165, 1.54) is 21.0 Å². The molecule has 2 saturated heterocycles. The van der Waals surface area contributed by atoms with E-state index in [0.717, 1.165) is 32.6 Å². The first-order chi connectivity index (χ1) is 11.9. The molecular formula is C17H25N3O3S2. The normalized spacial score (nSPS) is 24.1. The smallest absolute Gasteiger partial charge is 0.225 e.